The molecule has 1 saturated carbocycles. The zero-order valence-corrected chi connectivity index (χ0v) is 4.52. The van der Waals surface area contributed by atoms with Crippen molar-refractivity contribution in [2.45, 2.75) is 19.5 Å². The molecule has 0 saturated heterocycles. The van der Waals surface area contributed by atoms with Crippen LogP contribution in [0.1, 0.15) is 13.3 Å². The summed E-state index contributed by atoms with van der Waals surface area (Å²) in [4.78, 5) is 10.1. The molecule has 46 valence electrons. The summed E-state index contributed by atoms with van der Waals surface area (Å²) in [6, 6.07) is 0. The zero-order chi connectivity index (χ0) is 6.36. The summed E-state index contributed by atoms with van der Waals surface area (Å²) in [6.07, 6.45) is -0.928. The molecule has 1 aliphatic rings. The van der Waals surface area contributed by atoms with Gasteiger partial charge >= 0.3 is 5.97 Å². The molecule has 1 fully saturated rings. The van der Waals surface area contributed by atoms with E-state index in [9.17, 15) is 9.18 Å². The second-order valence-electron chi connectivity index (χ2n) is 2.39. The molecule has 0 aromatic heterocycles. The van der Waals surface area contributed by atoms with Gasteiger partial charge < -0.3 is 5.11 Å². The van der Waals surface area contributed by atoms with Crippen LogP contribution >= 0.6 is 0 Å². The fraction of sp³-hybridized carbons (Fsp3) is 0.800. The Hall–Kier alpha value is -0.600. The van der Waals surface area contributed by atoms with E-state index in [-0.39, 0.29) is 6.42 Å². The molecule has 0 radical (unpaired) electrons. The van der Waals surface area contributed by atoms with E-state index in [1.165, 1.54) is 6.92 Å². The molecule has 0 aromatic rings. The van der Waals surface area contributed by atoms with E-state index in [0.717, 1.165) is 0 Å². The lowest BCUT2D eigenvalue weighted by atomic mass is 10.1. The number of hydrogen-bond donors (Lipinski definition) is 1. The minimum Gasteiger partial charge on any atom is -0.481 e. The average Bonchev–Trinajstić information content (AvgIpc) is 2.17. The fourth-order valence-corrected chi connectivity index (χ4v) is 0.535. The monoisotopic (exact) mass is 118 g/mol. The predicted octanol–water partition coefficient (Wildman–Crippen LogP) is 0.819. The second-order valence-corrected chi connectivity index (χ2v) is 2.39. The van der Waals surface area contributed by atoms with Crippen LogP contribution in [0.25, 0.3) is 0 Å². The first-order valence-electron chi connectivity index (χ1n) is 2.45. The minimum absolute atomic E-state index is 0.183. The molecule has 3 heteroatoms. The maximum atomic E-state index is 12.0. The lowest BCUT2D eigenvalue weighted by molar-refractivity contribution is -0.143. The lowest BCUT2D eigenvalue weighted by Crippen LogP contribution is -2.12. The number of halogens is 1. The van der Waals surface area contributed by atoms with Gasteiger partial charge in [-0.3, -0.25) is 4.79 Å². The van der Waals surface area contributed by atoms with E-state index >= 15 is 0 Å². The molecule has 2 atom stereocenters. The zero-order valence-electron chi connectivity index (χ0n) is 4.52. The standard InChI is InChI=1S/C5H7FO2/c1-5(4(7)8)2-3(5)6/h3H,2H2,1H3,(H,7,8)/t3-,5-/m1/s1. The van der Waals surface area contributed by atoms with Crippen LogP contribution in [0.15, 0.2) is 0 Å². The molecular formula is C5H7FO2. The number of aliphatic carboxylic acids is 1. The average molecular weight is 118 g/mol. The summed E-state index contributed by atoms with van der Waals surface area (Å²) in [7, 11) is 0. The van der Waals surface area contributed by atoms with E-state index in [4.69, 9.17) is 5.11 Å². The maximum absolute atomic E-state index is 12.0. The molecular weight excluding hydrogens is 111 g/mol. The van der Waals surface area contributed by atoms with Crippen LogP contribution in [-0.4, -0.2) is 17.2 Å². The van der Waals surface area contributed by atoms with Crippen molar-refractivity contribution in [3.8, 4) is 0 Å². The van der Waals surface area contributed by atoms with Gasteiger partial charge in [0.25, 0.3) is 0 Å². The first kappa shape index (κ1) is 5.54. The number of carboxylic acid groups (broad SMARTS) is 1. The van der Waals surface area contributed by atoms with Crippen LogP contribution in [0, 0.1) is 5.41 Å². The van der Waals surface area contributed by atoms with Crippen LogP contribution in [-0.2, 0) is 4.79 Å². The van der Waals surface area contributed by atoms with Crippen molar-refractivity contribution in [3.63, 3.8) is 0 Å². The van der Waals surface area contributed by atoms with Crippen LogP contribution in [0.4, 0.5) is 4.39 Å². The minimum atomic E-state index is -1.11. The number of carboxylic acids is 1. The van der Waals surface area contributed by atoms with Crippen LogP contribution in [0.5, 0.6) is 0 Å². The molecule has 0 amide bonds. The Bertz CT molecular complexity index is 134. The van der Waals surface area contributed by atoms with Gasteiger partial charge in [-0.2, -0.15) is 0 Å². The highest BCUT2D eigenvalue weighted by atomic mass is 19.1. The number of alkyl halides is 1. The Morgan fingerprint density at radius 1 is 2.00 bits per heavy atom. The highest BCUT2D eigenvalue weighted by molar-refractivity contribution is 5.78. The maximum Gasteiger partial charge on any atom is 0.312 e. The summed E-state index contributed by atoms with van der Waals surface area (Å²) in [6.45, 7) is 1.42. The van der Waals surface area contributed by atoms with Crippen LogP contribution in [0.2, 0.25) is 0 Å². The van der Waals surface area contributed by atoms with E-state index in [2.05, 4.69) is 0 Å². The van der Waals surface area contributed by atoms with Crippen molar-refractivity contribution < 1.29 is 14.3 Å². The number of hydrogen-bond acceptors (Lipinski definition) is 1. The lowest BCUT2D eigenvalue weighted by Gasteiger charge is -1.95. The Labute approximate surface area is 46.3 Å². The van der Waals surface area contributed by atoms with Crippen molar-refractivity contribution in [3.05, 3.63) is 0 Å². The Kier molecular flexibility index (Phi) is 0.840. The van der Waals surface area contributed by atoms with Crippen molar-refractivity contribution in [2.75, 3.05) is 0 Å². The largest absolute Gasteiger partial charge is 0.481 e. The third-order valence-electron chi connectivity index (χ3n) is 1.62. The van der Waals surface area contributed by atoms with Gasteiger partial charge in [0.15, 0.2) is 0 Å². The SMILES string of the molecule is C[C@@]1(C(=O)O)C[C@H]1F. The Balaban J connectivity index is 2.60. The van der Waals surface area contributed by atoms with E-state index in [0.29, 0.717) is 0 Å². The third kappa shape index (κ3) is 0.504. The van der Waals surface area contributed by atoms with Gasteiger partial charge in [-0.1, -0.05) is 0 Å². The molecule has 1 N–H and O–H groups in total. The molecule has 0 spiro atoms. The van der Waals surface area contributed by atoms with E-state index in [1.54, 1.807) is 0 Å². The Morgan fingerprint density at radius 3 is 2.38 bits per heavy atom. The van der Waals surface area contributed by atoms with E-state index < -0.39 is 17.6 Å². The van der Waals surface area contributed by atoms with Gasteiger partial charge in [-0.25, -0.2) is 4.39 Å². The van der Waals surface area contributed by atoms with Gasteiger partial charge in [0, 0.05) is 0 Å². The number of carbonyl (C=O) groups is 1. The van der Waals surface area contributed by atoms with Gasteiger partial charge in [-0.05, 0) is 13.3 Å². The van der Waals surface area contributed by atoms with Crippen LogP contribution in [0.3, 0.4) is 0 Å². The molecule has 0 aliphatic heterocycles. The van der Waals surface area contributed by atoms with Gasteiger partial charge in [0.2, 0.25) is 0 Å². The number of rotatable bonds is 1. The molecule has 0 bridgehead atoms. The fourth-order valence-electron chi connectivity index (χ4n) is 0.535. The smallest absolute Gasteiger partial charge is 0.312 e. The summed E-state index contributed by atoms with van der Waals surface area (Å²) >= 11 is 0. The third-order valence-corrected chi connectivity index (χ3v) is 1.62. The topological polar surface area (TPSA) is 37.3 Å². The second kappa shape index (κ2) is 1.21. The molecule has 1 rings (SSSR count). The highest BCUT2D eigenvalue weighted by Crippen LogP contribution is 2.48. The Morgan fingerprint density at radius 2 is 2.38 bits per heavy atom. The van der Waals surface area contributed by atoms with Crippen molar-refractivity contribution >= 4 is 5.97 Å². The van der Waals surface area contributed by atoms with Gasteiger partial charge in [0.1, 0.15) is 6.17 Å². The van der Waals surface area contributed by atoms with Gasteiger partial charge in [0.05, 0.1) is 5.41 Å². The molecule has 8 heavy (non-hydrogen) atoms. The first-order chi connectivity index (χ1) is 3.57. The summed E-state index contributed by atoms with van der Waals surface area (Å²) < 4.78 is 12.0. The van der Waals surface area contributed by atoms with Crippen molar-refractivity contribution in [1.29, 1.82) is 0 Å². The molecule has 2 nitrogen and oxygen atoms in total. The summed E-state index contributed by atoms with van der Waals surface area (Å²) in [5, 5.41) is 8.24. The summed E-state index contributed by atoms with van der Waals surface area (Å²) in [5.74, 6) is -1.02. The summed E-state index contributed by atoms with van der Waals surface area (Å²) in [5.41, 5.74) is -1.04. The van der Waals surface area contributed by atoms with E-state index in [1.807, 2.05) is 0 Å². The first-order valence-corrected chi connectivity index (χ1v) is 2.45. The van der Waals surface area contributed by atoms with Crippen molar-refractivity contribution in [1.82, 2.24) is 0 Å². The quantitative estimate of drug-likeness (QED) is 0.553. The van der Waals surface area contributed by atoms with Crippen LogP contribution < -0.4 is 0 Å². The highest BCUT2D eigenvalue weighted by Gasteiger charge is 2.57. The van der Waals surface area contributed by atoms with Crippen molar-refractivity contribution in [2.24, 2.45) is 5.41 Å². The normalized spacial score (nSPS) is 44.0. The predicted molar refractivity (Wildman–Crippen MR) is 25.3 cm³/mol. The molecule has 1 aliphatic carbocycles. The molecule has 0 aromatic carbocycles. The van der Waals surface area contributed by atoms with Gasteiger partial charge in [-0.15, -0.1) is 0 Å². The molecule has 0 unspecified atom stereocenters. The molecule has 0 heterocycles.